The molecule has 2 saturated heterocycles. The van der Waals surface area contributed by atoms with Crippen molar-refractivity contribution in [1.29, 1.82) is 0 Å². The highest BCUT2D eigenvalue weighted by Crippen LogP contribution is 2.37. The quantitative estimate of drug-likeness (QED) is 0.590. The summed E-state index contributed by atoms with van der Waals surface area (Å²) in [6, 6.07) is 13.7. The Hall–Kier alpha value is -3.13. The summed E-state index contributed by atoms with van der Waals surface area (Å²) < 4.78 is 12.4. The number of carbonyl (C=O) groups excluding carboxylic acids is 2. The highest BCUT2D eigenvalue weighted by Gasteiger charge is 2.39. The lowest BCUT2D eigenvalue weighted by Gasteiger charge is -2.33. The van der Waals surface area contributed by atoms with Gasteiger partial charge in [-0.1, -0.05) is 12.1 Å². The van der Waals surface area contributed by atoms with Gasteiger partial charge in [0.05, 0.1) is 21.1 Å². The second-order valence-corrected chi connectivity index (χ2v) is 9.94. The number of aromatic nitrogens is 1. The molecule has 170 valence electrons. The van der Waals surface area contributed by atoms with E-state index in [2.05, 4.69) is 6.07 Å². The molecule has 1 aromatic heterocycles. The number of para-hydroxylation sites is 1. The summed E-state index contributed by atoms with van der Waals surface area (Å²) in [4.78, 5) is 34.7. The number of fused-ring (bicyclic) bond motifs is 2. The maximum Gasteiger partial charge on any atom is 0.228 e. The van der Waals surface area contributed by atoms with Crippen LogP contribution in [-0.2, 0) is 9.59 Å². The van der Waals surface area contributed by atoms with Crippen molar-refractivity contribution in [3.8, 4) is 11.5 Å². The number of nitrogens with zero attached hydrogens (tertiary/aromatic N) is 3. The molecule has 7 nitrogen and oxygen atoms in total. The number of thiazole rings is 1. The number of anilines is 1. The second-order valence-electron chi connectivity index (χ2n) is 8.88. The Morgan fingerprint density at radius 2 is 1.91 bits per heavy atom. The number of amides is 2. The predicted octanol–water partition coefficient (Wildman–Crippen LogP) is 3.83. The van der Waals surface area contributed by atoms with Gasteiger partial charge >= 0.3 is 0 Å². The number of hydrogen-bond acceptors (Lipinski definition) is 6. The van der Waals surface area contributed by atoms with E-state index in [9.17, 15) is 9.59 Å². The number of carbonyl (C=O) groups is 2. The first-order valence-corrected chi connectivity index (χ1v) is 12.3. The van der Waals surface area contributed by atoms with E-state index in [0.717, 1.165) is 35.6 Å². The van der Waals surface area contributed by atoms with Crippen LogP contribution >= 0.6 is 11.3 Å². The summed E-state index contributed by atoms with van der Waals surface area (Å²) in [7, 11) is 0. The second kappa shape index (κ2) is 8.33. The third kappa shape index (κ3) is 3.82. The van der Waals surface area contributed by atoms with Crippen molar-refractivity contribution in [2.45, 2.75) is 25.2 Å². The first-order chi connectivity index (χ1) is 16.2. The molecule has 0 aliphatic carbocycles. The van der Waals surface area contributed by atoms with Crippen molar-refractivity contribution in [3.63, 3.8) is 0 Å². The molecule has 2 atom stereocenters. The largest absolute Gasteiger partial charge is 0.486 e. The third-order valence-electron chi connectivity index (χ3n) is 6.70. The van der Waals surface area contributed by atoms with Crippen molar-refractivity contribution < 1.29 is 19.1 Å². The van der Waals surface area contributed by atoms with E-state index in [1.165, 1.54) is 4.70 Å². The van der Waals surface area contributed by atoms with Crippen LogP contribution in [0.1, 0.15) is 30.2 Å². The molecule has 8 heteroatoms. The molecule has 3 aromatic rings. The molecule has 6 rings (SSSR count). The minimum Gasteiger partial charge on any atom is -0.486 e. The average Bonchev–Trinajstić information content (AvgIpc) is 3.47. The minimum absolute atomic E-state index is 0.0234. The Kier molecular flexibility index (Phi) is 5.17. The summed E-state index contributed by atoms with van der Waals surface area (Å²) in [6.07, 6.45) is 2.24. The number of piperidine rings is 1. The van der Waals surface area contributed by atoms with Gasteiger partial charge in [-0.15, -0.1) is 11.3 Å². The van der Waals surface area contributed by atoms with Crippen LogP contribution in [0.25, 0.3) is 10.2 Å². The van der Waals surface area contributed by atoms with Gasteiger partial charge in [0.15, 0.2) is 11.5 Å². The highest BCUT2D eigenvalue weighted by molar-refractivity contribution is 7.18. The molecule has 2 amide bonds. The van der Waals surface area contributed by atoms with Crippen LogP contribution in [0.5, 0.6) is 11.5 Å². The number of likely N-dealkylation sites (tertiary alicyclic amines) is 1. The van der Waals surface area contributed by atoms with Crippen LogP contribution in [0.15, 0.2) is 42.5 Å². The molecule has 3 aliphatic rings. The first kappa shape index (κ1) is 20.5. The average molecular weight is 464 g/mol. The summed E-state index contributed by atoms with van der Waals surface area (Å²) in [5.41, 5.74) is 1.78. The van der Waals surface area contributed by atoms with Gasteiger partial charge in [-0.2, -0.15) is 0 Å². The van der Waals surface area contributed by atoms with Crippen molar-refractivity contribution >= 4 is 39.1 Å². The fourth-order valence-corrected chi connectivity index (χ4v) is 6.12. The summed E-state index contributed by atoms with van der Waals surface area (Å²) in [6.45, 7) is 2.84. The normalized spacial score (nSPS) is 22.7. The van der Waals surface area contributed by atoms with Gasteiger partial charge < -0.3 is 19.3 Å². The van der Waals surface area contributed by atoms with Crippen LogP contribution in [-0.4, -0.2) is 54.5 Å². The van der Waals surface area contributed by atoms with E-state index in [1.807, 2.05) is 41.3 Å². The maximum atomic E-state index is 13.4. The van der Waals surface area contributed by atoms with E-state index in [-0.39, 0.29) is 30.1 Å². The molecule has 2 aromatic carbocycles. The minimum atomic E-state index is -0.320. The number of benzene rings is 2. The Labute approximate surface area is 195 Å². The zero-order valence-electron chi connectivity index (χ0n) is 18.2. The van der Waals surface area contributed by atoms with E-state index >= 15 is 0 Å². The fraction of sp³-hybridized carbons (Fsp3) is 0.400. The Morgan fingerprint density at radius 1 is 1.06 bits per heavy atom. The van der Waals surface area contributed by atoms with E-state index in [1.54, 1.807) is 16.2 Å². The molecule has 4 heterocycles. The smallest absolute Gasteiger partial charge is 0.228 e. The molecule has 0 N–H and O–H groups in total. The molecule has 0 saturated carbocycles. The first-order valence-electron chi connectivity index (χ1n) is 11.5. The molecule has 0 spiro atoms. The summed E-state index contributed by atoms with van der Waals surface area (Å²) in [5.74, 6) is 1.33. The van der Waals surface area contributed by atoms with E-state index < -0.39 is 0 Å². The van der Waals surface area contributed by atoms with E-state index in [0.29, 0.717) is 37.8 Å². The molecular weight excluding hydrogens is 438 g/mol. The van der Waals surface area contributed by atoms with Crippen LogP contribution in [0.4, 0.5) is 5.69 Å². The van der Waals surface area contributed by atoms with Gasteiger partial charge in [-0.25, -0.2) is 4.98 Å². The Balaban J connectivity index is 1.16. The van der Waals surface area contributed by atoms with Crippen molar-refractivity contribution in [1.82, 2.24) is 9.88 Å². The molecule has 0 radical (unpaired) electrons. The summed E-state index contributed by atoms with van der Waals surface area (Å²) in [5, 5.41) is 1.11. The lowest BCUT2D eigenvalue weighted by atomic mass is 9.96. The molecule has 3 aliphatic heterocycles. The van der Waals surface area contributed by atoms with Crippen LogP contribution in [0.2, 0.25) is 0 Å². The highest BCUT2D eigenvalue weighted by atomic mass is 32.1. The standard InChI is InChI=1S/C25H25N3O4S/c29-23-12-17(15-28(23)18-7-8-20-21(13-18)32-11-10-31-20)25(30)27-9-3-4-16(14-27)24-26-19-5-1-2-6-22(19)33-24/h1-2,5-8,13,16-17H,3-4,9-12,14-15H2/t16-,17-/m0/s1. The van der Waals surface area contributed by atoms with Crippen LogP contribution in [0, 0.1) is 5.92 Å². The Morgan fingerprint density at radius 3 is 2.79 bits per heavy atom. The van der Waals surface area contributed by atoms with Gasteiger partial charge in [-0.05, 0) is 37.1 Å². The topological polar surface area (TPSA) is 72.0 Å². The van der Waals surface area contributed by atoms with Crippen LogP contribution < -0.4 is 14.4 Å². The van der Waals surface area contributed by atoms with Gasteiger partial charge in [-0.3, -0.25) is 9.59 Å². The number of ether oxygens (including phenoxy) is 2. The van der Waals surface area contributed by atoms with Crippen LogP contribution in [0.3, 0.4) is 0 Å². The zero-order chi connectivity index (χ0) is 22.4. The SMILES string of the molecule is O=C([C@H]1CC(=O)N(c2ccc3c(c2)OCCO3)C1)N1CCC[C@H](c2nc3ccccc3s2)C1. The molecular formula is C25H25N3O4S. The van der Waals surface area contributed by atoms with Gasteiger partial charge in [0.2, 0.25) is 11.8 Å². The number of rotatable bonds is 3. The molecule has 2 fully saturated rings. The Bertz CT molecular complexity index is 1190. The zero-order valence-corrected chi connectivity index (χ0v) is 19.1. The van der Waals surface area contributed by atoms with Crippen molar-refractivity contribution in [2.75, 3.05) is 37.7 Å². The lowest BCUT2D eigenvalue weighted by molar-refractivity contribution is -0.137. The van der Waals surface area contributed by atoms with E-state index in [4.69, 9.17) is 14.5 Å². The monoisotopic (exact) mass is 463 g/mol. The van der Waals surface area contributed by atoms with Gasteiger partial charge in [0.1, 0.15) is 13.2 Å². The fourth-order valence-electron chi connectivity index (χ4n) is 5.02. The lowest BCUT2D eigenvalue weighted by Crippen LogP contribution is -2.43. The van der Waals surface area contributed by atoms with Gasteiger partial charge in [0, 0.05) is 43.7 Å². The maximum absolute atomic E-state index is 13.4. The van der Waals surface area contributed by atoms with Gasteiger partial charge in [0.25, 0.3) is 0 Å². The van der Waals surface area contributed by atoms with Crippen molar-refractivity contribution in [3.05, 3.63) is 47.5 Å². The predicted molar refractivity (Wildman–Crippen MR) is 126 cm³/mol. The number of hydrogen-bond donors (Lipinski definition) is 0. The molecule has 33 heavy (non-hydrogen) atoms. The van der Waals surface area contributed by atoms with Crippen molar-refractivity contribution in [2.24, 2.45) is 5.92 Å². The summed E-state index contributed by atoms with van der Waals surface area (Å²) >= 11 is 1.73. The molecule has 0 bridgehead atoms. The molecule has 0 unspecified atom stereocenters. The third-order valence-corrected chi connectivity index (χ3v) is 7.90.